The summed E-state index contributed by atoms with van der Waals surface area (Å²) in [5.74, 6) is -1.83. The summed E-state index contributed by atoms with van der Waals surface area (Å²) < 4.78 is 0. The summed E-state index contributed by atoms with van der Waals surface area (Å²) in [6.45, 7) is 8.48. The molecule has 0 radical (unpaired) electrons. The zero-order chi connectivity index (χ0) is 23.5. The molecule has 0 amide bonds. The Bertz CT molecular complexity index is 455. The standard InChI is InChI=1S/C26H51NO4/c1-5-7-8-9-10-11-12-13-14-15-16-17-18-19-23(4)27(22(3)6-2)24(26(30)31)20-21-25(28)29/h22-24H,5-21H2,1-4H3,(H,28,29)(H,30,31)/t22?,23?,24-/m0/s1. The van der Waals surface area contributed by atoms with Crippen LogP contribution < -0.4 is 0 Å². The SMILES string of the molecule is CCCCCCCCCCCCCCCC(C)N(C(C)CC)[C@@H](CCC(=O)O)C(=O)O. The van der Waals surface area contributed by atoms with Crippen LogP contribution in [0.25, 0.3) is 0 Å². The predicted molar refractivity (Wildman–Crippen MR) is 130 cm³/mol. The van der Waals surface area contributed by atoms with Crippen molar-refractivity contribution >= 4 is 11.9 Å². The lowest BCUT2D eigenvalue weighted by Crippen LogP contribution is -2.51. The molecule has 0 aliphatic heterocycles. The fourth-order valence-electron chi connectivity index (χ4n) is 4.53. The summed E-state index contributed by atoms with van der Waals surface area (Å²) >= 11 is 0. The van der Waals surface area contributed by atoms with Gasteiger partial charge in [0.1, 0.15) is 6.04 Å². The molecule has 5 nitrogen and oxygen atoms in total. The Labute approximate surface area is 192 Å². The van der Waals surface area contributed by atoms with Gasteiger partial charge in [0.05, 0.1) is 0 Å². The molecule has 0 bridgehead atoms. The van der Waals surface area contributed by atoms with Crippen LogP contribution in [0.4, 0.5) is 0 Å². The van der Waals surface area contributed by atoms with E-state index in [2.05, 4.69) is 27.7 Å². The molecule has 0 saturated heterocycles. The second kappa shape index (κ2) is 19.6. The molecular formula is C26H51NO4. The Hall–Kier alpha value is -1.10. The van der Waals surface area contributed by atoms with Gasteiger partial charge in [-0.3, -0.25) is 14.5 Å². The number of carbonyl (C=O) groups is 2. The number of nitrogens with zero attached hydrogens (tertiary/aromatic N) is 1. The van der Waals surface area contributed by atoms with Crippen molar-refractivity contribution in [3.8, 4) is 0 Å². The van der Waals surface area contributed by atoms with Gasteiger partial charge >= 0.3 is 11.9 Å². The lowest BCUT2D eigenvalue weighted by molar-refractivity contribution is -0.146. The second-order valence-corrected chi connectivity index (χ2v) is 9.37. The van der Waals surface area contributed by atoms with Crippen molar-refractivity contribution in [1.29, 1.82) is 0 Å². The fourth-order valence-corrected chi connectivity index (χ4v) is 4.53. The molecule has 184 valence electrons. The Balaban J connectivity index is 4.11. The summed E-state index contributed by atoms with van der Waals surface area (Å²) in [7, 11) is 0. The fraction of sp³-hybridized carbons (Fsp3) is 0.923. The molecule has 2 N–H and O–H groups in total. The van der Waals surface area contributed by atoms with Gasteiger partial charge in [0.2, 0.25) is 0 Å². The van der Waals surface area contributed by atoms with Gasteiger partial charge in [-0.05, 0) is 33.1 Å². The van der Waals surface area contributed by atoms with E-state index in [0.29, 0.717) is 0 Å². The molecule has 0 saturated carbocycles. The van der Waals surface area contributed by atoms with Crippen LogP contribution in [0.3, 0.4) is 0 Å². The third-order valence-corrected chi connectivity index (χ3v) is 6.61. The average molecular weight is 442 g/mol. The third-order valence-electron chi connectivity index (χ3n) is 6.61. The maximum absolute atomic E-state index is 11.8. The summed E-state index contributed by atoms with van der Waals surface area (Å²) in [6.07, 6.45) is 19.1. The smallest absolute Gasteiger partial charge is 0.320 e. The zero-order valence-electron chi connectivity index (χ0n) is 20.9. The van der Waals surface area contributed by atoms with Crippen LogP contribution in [0.5, 0.6) is 0 Å². The number of rotatable bonds is 22. The Morgan fingerprint density at radius 2 is 1.13 bits per heavy atom. The van der Waals surface area contributed by atoms with E-state index in [0.717, 1.165) is 19.3 Å². The molecule has 0 aromatic heterocycles. The topological polar surface area (TPSA) is 77.8 Å². The maximum atomic E-state index is 11.8. The number of hydrogen-bond donors (Lipinski definition) is 2. The van der Waals surface area contributed by atoms with Crippen molar-refractivity contribution in [3.63, 3.8) is 0 Å². The van der Waals surface area contributed by atoms with Crippen LogP contribution in [-0.2, 0) is 9.59 Å². The Morgan fingerprint density at radius 3 is 1.52 bits per heavy atom. The lowest BCUT2D eigenvalue weighted by Gasteiger charge is -2.38. The van der Waals surface area contributed by atoms with Gasteiger partial charge in [0.25, 0.3) is 0 Å². The van der Waals surface area contributed by atoms with Gasteiger partial charge < -0.3 is 10.2 Å². The van der Waals surface area contributed by atoms with E-state index in [1.807, 2.05) is 4.90 Å². The minimum atomic E-state index is -0.931. The average Bonchev–Trinajstić information content (AvgIpc) is 2.73. The van der Waals surface area contributed by atoms with Gasteiger partial charge in [-0.25, -0.2) is 0 Å². The molecule has 0 fully saturated rings. The molecule has 5 heteroatoms. The van der Waals surface area contributed by atoms with Gasteiger partial charge in [0, 0.05) is 18.5 Å². The van der Waals surface area contributed by atoms with E-state index >= 15 is 0 Å². The highest BCUT2D eigenvalue weighted by molar-refractivity contribution is 5.75. The summed E-state index contributed by atoms with van der Waals surface area (Å²) in [4.78, 5) is 24.8. The molecule has 0 aliphatic carbocycles. The Morgan fingerprint density at radius 1 is 0.677 bits per heavy atom. The molecule has 0 aliphatic rings. The van der Waals surface area contributed by atoms with E-state index < -0.39 is 18.0 Å². The van der Waals surface area contributed by atoms with Crippen LogP contribution >= 0.6 is 0 Å². The van der Waals surface area contributed by atoms with Crippen LogP contribution in [0.1, 0.15) is 137 Å². The van der Waals surface area contributed by atoms with Crippen molar-refractivity contribution in [1.82, 2.24) is 4.90 Å². The Kier molecular flexibility index (Phi) is 18.9. The minimum absolute atomic E-state index is 0.102. The second-order valence-electron chi connectivity index (χ2n) is 9.37. The molecule has 3 atom stereocenters. The highest BCUT2D eigenvalue weighted by atomic mass is 16.4. The van der Waals surface area contributed by atoms with Crippen molar-refractivity contribution in [2.24, 2.45) is 0 Å². The molecule has 0 aromatic carbocycles. The van der Waals surface area contributed by atoms with Crippen molar-refractivity contribution < 1.29 is 19.8 Å². The highest BCUT2D eigenvalue weighted by Crippen LogP contribution is 2.22. The van der Waals surface area contributed by atoms with Crippen LogP contribution in [0.15, 0.2) is 0 Å². The predicted octanol–water partition coefficient (Wildman–Crippen LogP) is 7.27. The van der Waals surface area contributed by atoms with Gasteiger partial charge in [0.15, 0.2) is 0 Å². The molecule has 2 unspecified atom stereocenters. The largest absolute Gasteiger partial charge is 0.481 e. The van der Waals surface area contributed by atoms with Crippen LogP contribution in [0.2, 0.25) is 0 Å². The quantitative estimate of drug-likeness (QED) is 0.173. The van der Waals surface area contributed by atoms with E-state index in [9.17, 15) is 14.7 Å². The van der Waals surface area contributed by atoms with E-state index in [4.69, 9.17) is 5.11 Å². The highest BCUT2D eigenvalue weighted by Gasteiger charge is 2.32. The van der Waals surface area contributed by atoms with E-state index in [1.54, 1.807) is 0 Å². The number of hydrogen-bond acceptors (Lipinski definition) is 3. The van der Waals surface area contributed by atoms with E-state index in [1.165, 1.54) is 77.0 Å². The molecule has 0 heterocycles. The molecule has 0 aromatic rings. The van der Waals surface area contributed by atoms with Gasteiger partial charge in [-0.15, -0.1) is 0 Å². The normalized spacial score (nSPS) is 14.5. The van der Waals surface area contributed by atoms with Crippen LogP contribution in [-0.4, -0.2) is 45.2 Å². The molecule has 0 rings (SSSR count). The summed E-state index contributed by atoms with van der Waals surface area (Å²) in [6, 6.07) is -0.438. The summed E-state index contributed by atoms with van der Waals surface area (Å²) in [5.41, 5.74) is 0. The van der Waals surface area contributed by atoms with Crippen molar-refractivity contribution in [2.45, 2.75) is 155 Å². The number of aliphatic carboxylic acids is 2. The first-order chi connectivity index (χ1) is 14.8. The number of carboxylic acid groups (broad SMARTS) is 2. The minimum Gasteiger partial charge on any atom is -0.481 e. The monoisotopic (exact) mass is 441 g/mol. The van der Waals surface area contributed by atoms with Gasteiger partial charge in [-0.2, -0.15) is 0 Å². The molecular weight excluding hydrogens is 390 g/mol. The zero-order valence-corrected chi connectivity index (χ0v) is 20.9. The van der Waals surface area contributed by atoms with Crippen molar-refractivity contribution in [2.75, 3.05) is 0 Å². The van der Waals surface area contributed by atoms with Crippen LogP contribution in [0, 0.1) is 0 Å². The number of carboxylic acids is 2. The molecule has 31 heavy (non-hydrogen) atoms. The summed E-state index contributed by atoms with van der Waals surface area (Å²) in [5, 5.41) is 18.7. The first kappa shape index (κ1) is 29.9. The number of unbranched alkanes of at least 4 members (excludes halogenated alkanes) is 12. The van der Waals surface area contributed by atoms with Crippen molar-refractivity contribution in [3.05, 3.63) is 0 Å². The lowest BCUT2D eigenvalue weighted by atomic mass is 9.99. The molecule has 0 spiro atoms. The van der Waals surface area contributed by atoms with E-state index in [-0.39, 0.29) is 24.9 Å². The third kappa shape index (κ3) is 15.4. The van der Waals surface area contributed by atoms with Gasteiger partial charge in [-0.1, -0.05) is 97.3 Å². The maximum Gasteiger partial charge on any atom is 0.320 e. The first-order valence-electron chi connectivity index (χ1n) is 13.1. The first-order valence-corrected chi connectivity index (χ1v) is 13.1.